The first-order valence-corrected chi connectivity index (χ1v) is 11.2. The molecule has 1 aliphatic rings. The van der Waals surface area contributed by atoms with E-state index in [2.05, 4.69) is 12.1 Å². The molecule has 1 fully saturated rings. The summed E-state index contributed by atoms with van der Waals surface area (Å²) < 4.78 is 33.9. The van der Waals surface area contributed by atoms with E-state index in [1.54, 1.807) is 23.5 Å². The quantitative estimate of drug-likeness (QED) is 0.622. The second-order valence-corrected chi connectivity index (χ2v) is 9.44. The normalized spacial score (nSPS) is 19.9. The van der Waals surface area contributed by atoms with Gasteiger partial charge in [-0.05, 0) is 36.2 Å². The van der Waals surface area contributed by atoms with Crippen LogP contribution in [0.3, 0.4) is 0 Å². The summed E-state index contributed by atoms with van der Waals surface area (Å²) in [6.07, 6.45) is 0. The number of ether oxygens (including phenoxy) is 1. The third kappa shape index (κ3) is 3.80. The van der Waals surface area contributed by atoms with Crippen LogP contribution < -0.4 is 4.74 Å². The van der Waals surface area contributed by atoms with Crippen LogP contribution in [0.15, 0.2) is 83.8 Å². The van der Waals surface area contributed by atoms with Gasteiger partial charge in [-0.2, -0.15) is 4.31 Å². The van der Waals surface area contributed by atoms with Crippen molar-refractivity contribution in [3.63, 3.8) is 0 Å². The molecule has 4 nitrogen and oxygen atoms in total. The molecule has 0 aromatic heterocycles. The van der Waals surface area contributed by atoms with Crippen molar-refractivity contribution in [3.8, 4) is 5.75 Å². The van der Waals surface area contributed by atoms with Crippen LogP contribution in [0.25, 0.3) is 0 Å². The van der Waals surface area contributed by atoms with Crippen LogP contribution in [0.4, 0.5) is 0 Å². The van der Waals surface area contributed by atoms with Crippen LogP contribution in [-0.2, 0) is 10.0 Å². The number of hydrogen-bond donors (Lipinski definition) is 0. The number of nitrogens with zero attached hydrogens (tertiary/aromatic N) is 1. The molecule has 0 aliphatic carbocycles. The number of rotatable bonds is 5. The highest BCUT2D eigenvalue weighted by Crippen LogP contribution is 2.44. The molecule has 0 bridgehead atoms. The number of aryl methyl sites for hydroxylation is 1. The fourth-order valence-electron chi connectivity index (χ4n) is 4.15. The zero-order chi connectivity index (χ0) is 20.4. The van der Waals surface area contributed by atoms with Crippen LogP contribution in [-0.4, -0.2) is 32.9 Å². The topological polar surface area (TPSA) is 46.6 Å². The van der Waals surface area contributed by atoms with Crippen molar-refractivity contribution in [2.24, 2.45) is 0 Å². The Labute approximate surface area is 172 Å². The van der Waals surface area contributed by atoms with E-state index in [1.807, 2.05) is 61.5 Å². The summed E-state index contributed by atoms with van der Waals surface area (Å²) in [7, 11) is -1.91. The Kier molecular flexibility index (Phi) is 5.43. The van der Waals surface area contributed by atoms with Crippen molar-refractivity contribution in [3.05, 3.63) is 95.6 Å². The highest BCUT2D eigenvalue weighted by atomic mass is 32.2. The smallest absolute Gasteiger partial charge is 0.243 e. The highest BCUT2D eigenvalue weighted by molar-refractivity contribution is 7.89. The van der Waals surface area contributed by atoms with E-state index in [9.17, 15) is 8.42 Å². The lowest BCUT2D eigenvalue weighted by Crippen LogP contribution is -2.29. The Hall–Kier alpha value is -2.63. The molecule has 0 saturated carbocycles. The van der Waals surface area contributed by atoms with Gasteiger partial charge in [-0.25, -0.2) is 8.42 Å². The second-order valence-electron chi connectivity index (χ2n) is 7.50. The first-order valence-electron chi connectivity index (χ1n) is 9.75. The first kappa shape index (κ1) is 19.7. The summed E-state index contributed by atoms with van der Waals surface area (Å²) >= 11 is 0. The van der Waals surface area contributed by atoms with Gasteiger partial charge in [-0.3, -0.25) is 0 Å². The number of para-hydroxylation sites is 1. The van der Waals surface area contributed by atoms with E-state index in [1.165, 1.54) is 0 Å². The van der Waals surface area contributed by atoms with E-state index >= 15 is 0 Å². The van der Waals surface area contributed by atoms with Crippen LogP contribution >= 0.6 is 0 Å². The molecule has 4 rings (SSSR count). The van der Waals surface area contributed by atoms with Crippen molar-refractivity contribution in [1.29, 1.82) is 0 Å². The molecule has 1 aliphatic heterocycles. The predicted octanol–water partition coefficient (Wildman–Crippen LogP) is 4.58. The van der Waals surface area contributed by atoms with Gasteiger partial charge in [0.1, 0.15) is 5.75 Å². The average Bonchev–Trinajstić information content (AvgIpc) is 3.21. The summed E-state index contributed by atoms with van der Waals surface area (Å²) in [4.78, 5) is 0.343. The molecule has 2 atom stereocenters. The zero-order valence-electron chi connectivity index (χ0n) is 16.7. The SMILES string of the molecule is COc1ccccc1[C@@H]1CN(S(=O)(=O)c2ccc(C)cc2)C[C@@H]1c1ccccc1. The summed E-state index contributed by atoms with van der Waals surface area (Å²) in [5.74, 6) is 0.884. The van der Waals surface area contributed by atoms with Crippen molar-refractivity contribution >= 4 is 10.0 Å². The lowest BCUT2D eigenvalue weighted by atomic mass is 9.84. The fraction of sp³-hybridized carbons (Fsp3) is 0.250. The monoisotopic (exact) mass is 407 g/mol. The molecular formula is C24H25NO3S. The van der Waals surface area contributed by atoms with Gasteiger partial charge in [0.15, 0.2) is 0 Å². The molecule has 0 amide bonds. The minimum Gasteiger partial charge on any atom is -0.496 e. The Morgan fingerprint density at radius 1 is 0.828 bits per heavy atom. The summed E-state index contributed by atoms with van der Waals surface area (Å²) in [5.41, 5.74) is 3.23. The van der Waals surface area contributed by atoms with E-state index in [0.29, 0.717) is 18.0 Å². The van der Waals surface area contributed by atoms with Gasteiger partial charge < -0.3 is 4.74 Å². The Bertz CT molecular complexity index is 1080. The molecule has 0 N–H and O–H groups in total. The first-order chi connectivity index (χ1) is 14.0. The Morgan fingerprint density at radius 3 is 2.14 bits per heavy atom. The number of hydrogen-bond acceptors (Lipinski definition) is 3. The van der Waals surface area contributed by atoms with Crippen LogP contribution in [0.5, 0.6) is 5.75 Å². The van der Waals surface area contributed by atoms with Gasteiger partial charge in [0.05, 0.1) is 12.0 Å². The third-order valence-corrected chi connectivity index (χ3v) is 7.56. The molecule has 150 valence electrons. The maximum Gasteiger partial charge on any atom is 0.243 e. The molecule has 0 spiro atoms. The zero-order valence-corrected chi connectivity index (χ0v) is 17.5. The fourth-order valence-corrected chi connectivity index (χ4v) is 5.64. The lowest BCUT2D eigenvalue weighted by Gasteiger charge is -2.21. The lowest BCUT2D eigenvalue weighted by molar-refractivity contribution is 0.403. The summed E-state index contributed by atoms with van der Waals surface area (Å²) in [6, 6.07) is 25.1. The molecule has 29 heavy (non-hydrogen) atoms. The molecule has 1 saturated heterocycles. The van der Waals surface area contributed by atoms with E-state index in [0.717, 1.165) is 22.4 Å². The summed E-state index contributed by atoms with van der Waals surface area (Å²) in [6.45, 7) is 2.83. The second kappa shape index (κ2) is 8.01. The van der Waals surface area contributed by atoms with Crippen molar-refractivity contribution < 1.29 is 13.2 Å². The van der Waals surface area contributed by atoms with E-state index < -0.39 is 10.0 Å². The van der Waals surface area contributed by atoms with E-state index in [4.69, 9.17) is 4.74 Å². The third-order valence-electron chi connectivity index (χ3n) is 5.71. The van der Waals surface area contributed by atoms with Gasteiger partial charge >= 0.3 is 0 Å². The van der Waals surface area contributed by atoms with Gasteiger partial charge in [0.2, 0.25) is 10.0 Å². The molecule has 1 heterocycles. The minimum atomic E-state index is -3.56. The van der Waals surface area contributed by atoms with Gasteiger partial charge in [0.25, 0.3) is 0 Å². The average molecular weight is 408 g/mol. The molecule has 0 radical (unpaired) electrons. The molecule has 5 heteroatoms. The van der Waals surface area contributed by atoms with Crippen molar-refractivity contribution in [1.82, 2.24) is 4.31 Å². The molecule has 3 aromatic carbocycles. The molecular weight excluding hydrogens is 382 g/mol. The molecule has 3 aromatic rings. The van der Waals surface area contributed by atoms with Gasteiger partial charge in [-0.15, -0.1) is 0 Å². The number of sulfonamides is 1. The maximum atomic E-state index is 13.3. The van der Waals surface area contributed by atoms with Gasteiger partial charge in [-0.1, -0.05) is 66.2 Å². The highest BCUT2D eigenvalue weighted by Gasteiger charge is 2.41. The Morgan fingerprint density at radius 2 is 1.45 bits per heavy atom. The number of methoxy groups -OCH3 is 1. The number of benzene rings is 3. The molecule has 0 unspecified atom stereocenters. The minimum absolute atomic E-state index is 0.0220. The van der Waals surface area contributed by atoms with Crippen molar-refractivity contribution in [2.45, 2.75) is 23.7 Å². The van der Waals surface area contributed by atoms with Crippen LogP contribution in [0.1, 0.15) is 28.5 Å². The maximum absolute atomic E-state index is 13.3. The van der Waals surface area contributed by atoms with E-state index in [-0.39, 0.29) is 11.8 Å². The van der Waals surface area contributed by atoms with Crippen molar-refractivity contribution in [2.75, 3.05) is 20.2 Å². The predicted molar refractivity (Wildman–Crippen MR) is 115 cm³/mol. The summed E-state index contributed by atoms with van der Waals surface area (Å²) in [5, 5.41) is 0. The largest absolute Gasteiger partial charge is 0.496 e. The van der Waals surface area contributed by atoms with Gasteiger partial charge in [0, 0.05) is 24.9 Å². The Balaban J connectivity index is 1.75. The van der Waals surface area contributed by atoms with Crippen LogP contribution in [0.2, 0.25) is 0 Å². The van der Waals surface area contributed by atoms with Crippen LogP contribution in [0, 0.1) is 6.92 Å². The standard InChI is InChI=1S/C24H25NO3S/c1-18-12-14-20(15-13-18)29(26,27)25-16-22(19-8-4-3-5-9-19)23(17-25)21-10-6-7-11-24(21)28-2/h3-15,22-23H,16-17H2,1-2H3/t22-,23+/m1/s1.